The van der Waals surface area contributed by atoms with E-state index < -0.39 is 4.92 Å². The molecule has 1 rings (SSSR count). The van der Waals surface area contributed by atoms with E-state index in [1.54, 1.807) is 6.07 Å². The summed E-state index contributed by atoms with van der Waals surface area (Å²) in [6.07, 6.45) is 4.27. The van der Waals surface area contributed by atoms with Crippen molar-refractivity contribution in [3.8, 4) is 0 Å². The molecule has 0 spiro atoms. The topological polar surface area (TPSA) is 46.4 Å². The minimum atomic E-state index is -0.513. The number of nitro benzene ring substituents is 1. The lowest BCUT2D eigenvalue weighted by molar-refractivity contribution is -0.384. The Morgan fingerprint density at radius 3 is 2.10 bits per heavy atom. The summed E-state index contributed by atoms with van der Waals surface area (Å²) in [5, 5.41) is 11.1. The van der Waals surface area contributed by atoms with Gasteiger partial charge < -0.3 is 4.90 Å². The van der Waals surface area contributed by atoms with E-state index in [1.807, 2.05) is 0 Å². The number of anilines is 1. The van der Waals surface area contributed by atoms with Crippen molar-refractivity contribution in [2.45, 2.75) is 39.5 Å². The Balaban J connectivity index is 3.06. The third kappa shape index (κ3) is 4.25. The fraction of sp³-hybridized carbons (Fsp3) is 0.571. The summed E-state index contributed by atoms with van der Waals surface area (Å²) in [5.74, 6) is 0. The molecule has 0 amide bonds. The minimum absolute atomic E-state index is 0.0205. The van der Waals surface area contributed by atoms with Gasteiger partial charge in [-0.05, 0) is 18.9 Å². The maximum Gasteiger partial charge on any atom is 0.289 e. The van der Waals surface area contributed by atoms with E-state index in [9.17, 15) is 10.1 Å². The number of hydrogen-bond donors (Lipinski definition) is 0. The predicted octanol–water partition coefficient (Wildman–Crippen LogP) is 5.31. The maximum atomic E-state index is 10.8. The van der Waals surface area contributed by atoms with Crippen molar-refractivity contribution in [1.29, 1.82) is 0 Å². The van der Waals surface area contributed by atoms with E-state index in [4.69, 9.17) is 23.2 Å². The van der Waals surface area contributed by atoms with E-state index in [1.165, 1.54) is 6.07 Å². The average molecular weight is 319 g/mol. The molecule has 0 saturated carbocycles. The Labute approximate surface area is 129 Å². The van der Waals surface area contributed by atoms with Crippen molar-refractivity contribution in [3.05, 3.63) is 32.3 Å². The van der Waals surface area contributed by atoms with Gasteiger partial charge in [0.1, 0.15) is 5.02 Å². The first-order chi connectivity index (χ1) is 9.52. The molecule has 0 heterocycles. The number of rotatable bonds is 8. The first kappa shape index (κ1) is 17.1. The lowest BCUT2D eigenvalue weighted by atomic mass is 10.2. The van der Waals surface area contributed by atoms with Crippen molar-refractivity contribution in [1.82, 2.24) is 0 Å². The Hall–Kier alpha value is -1.00. The predicted molar refractivity (Wildman–Crippen MR) is 85.1 cm³/mol. The van der Waals surface area contributed by atoms with E-state index >= 15 is 0 Å². The van der Waals surface area contributed by atoms with Gasteiger partial charge in [-0.3, -0.25) is 10.1 Å². The van der Waals surface area contributed by atoms with Gasteiger partial charge in [0, 0.05) is 19.2 Å². The van der Waals surface area contributed by atoms with Gasteiger partial charge in [-0.2, -0.15) is 0 Å². The van der Waals surface area contributed by atoms with Crippen molar-refractivity contribution in [3.63, 3.8) is 0 Å². The molecule has 0 radical (unpaired) electrons. The van der Waals surface area contributed by atoms with E-state index in [-0.39, 0.29) is 15.7 Å². The van der Waals surface area contributed by atoms with Crippen LogP contribution >= 0.6 is 23.2 Å². The first-order valence-corrected chi connectivity index (χ1v) is 7.65. The highest BCUT2D eigenvalue weighted by atomic mass is 35.5. The van der Waals surface area contributed by atoms with Crippen LogP contribution in [0.2, 0.25) is 10.0 Å². The second-order valence-corrected chi connectivity index (χ2v) is 5.44. The van der Waals surface area contributed by atoms with Crippen LogP contribution in [0.4, 0.5) is 11.4 Å². The number of hydrogen-bond acceptors (Lipinski definition) is 3. The summed E-state index contributed by atoms with van der Waals surface area (Å²) in [5.41, 5.74) is 0.635. The van der Waals surface area contributed by atoms with E-state index in [0.29, 0.717) is 0 Å². The van der Waals surface area contributed by atoms with Crippen LogP contribution in [0.3, 0.4) is 0 Å². The van der Waals surface area contributed by atoms with Crippen LogP contribution in [0.5, 0.6) is 0 Å². The number of halogens is 2. The lowest BCUT2D eigenvalue weighted by Gasteiger charge is -2.26. The third-order valence-electron chi connectivity index (χ3n) is 3.14. The molecular weight excluding hydrogens is 299 g/mol. The lowest BCUT2D eigenvalue weighted by Crippen LogP contribution is -2.26. The van der Waals surface area contributed by atoms with Gasteiger partial charge in [0.05, 0.1) is 15.6 Å². The largest absolute Gasteiger partial charge is 0.370 e. The smallest absolute Gasteiger partial charge is 0.289 e. The maximum absolute atomic E-state index is 10.8. The molecule has 0 atom stereocenters. The van der Waals surface area contributed by atoms with E-state index in [2.05, 4.69) is 18.7 Å². The van der Waals surface area contributed by atoms with Gasteiger partial charge in [-0.25, -0.2) is 0 Å². The van der Waals surface area contributed by atoms with E-state index in [0.717, 1.165) is 44.5 Å². The summed E-state index contributed by atoms with van der Waals surface area (Å²) >= 11 is 12.2. The van der Waals surface area contributed by atoms with Gasteiger partial charge in [0.15, 0.2) is 0 Å². The second kappa shape index (κ2) is 8.32. The van der Waals surface area contributed by atoms with Gasteiger partial charge in [0.25, 0.3) is 5.69 Å². The number of unbranched alkanes of at least 4 members (excludes halogenated alkanes) is 2. The molecular formula is C14H20Cl2N2O2. The highest BCUT2D eigenvalue weighted by Crippen LogP contribution is 2.39. The van der Waals surface area contributed by atoms with Gasteiger partial charge in [-0.1, -0.05) is 49.9 Å². The molecule has 0 aliphatic heterocycles. The zero-order chi connectivity index (χ0) is 15.1. The van der Waals surface area contributed by atoms with Gasteiger partial charge in [0.2, 0.25) is 0 Å². The summed E-state index contributed by atoms with van der Waals surface area (Å²) in [7, 11) is 0. The summed E-state index contributed by atoms with van der Waals surface area (Å²) < 4.78 is 0. The number of nitro groups is 1. The molecule has 20 heavy (non-hydrogen) atoms. The molecule has 1 aromatic rings. The molecule has 0 saturated heterocycles. The van der Waals surface area contributed by atoms with Crippen LogP contribution in [0.25, 0.3) is 0 Å². The summed E-state index contributed by atoms with van der Waals surface area (Å²) in [6.45, 7) is 6.01. The molecule has 0 aliphatic rings. The highest BCUT2D eigenvalue weighted by Gasteiger charge is 2.20. The molecule has 0 bridgehead atoms. The van der Waals surface area contributed by atoms with Crippen LogP contribution in [0, 0.1) is 10.1 Å². The molecule has 1 aromatic carbocycles. The molecule has 6 heteroatoms. The minimum Gasteiger partial charge on any atom is -0.370 e. The molecule has 0 aliphatic carbocycles. The summed E-state index contributed by atoms with van der Waals surface area (Å²) in [4.78, 5) is 12.5. The van der Waals surface area contributed by atoms with Crippen LogP contribution < -0.4 is 4.90 Å². The SMILES string of the molecule is CCCCN(CCCC)c1ccc([N+](=O)[O-])c(Cl)c1Cl. The van der Waals surface area contributed by atoms with Crippen LogP contribution in [-0.2, 0) is 0 Å². The Bertz CT molecular complexity index is 459. The summed E-state index contributed by atoms with van der Waals surface area (Å²) in [6, 6.07) is 3.12. The Morgan fingerprint density at radius 2 is 1.65 bits per heavy atom. The molecule has 0 N–H and O–H groups in total. The fourth-order valence-corrected chi connectivity index (χ4v) is 2.47. The molecule has 0 fully saturated rings. The van der Waals surface area contributed by atoms with Crippen LogP contribution in [-0.4, -0.2) is 18.0 Å². The normalized spacial score (nSPS) is 10.6. The second-order valence-electron chi connectivity index (χ2n) is 4.68. The number of benzene rings is 1. The zero-order valence-electron chi connectivity index (χ0n) is 11.9. The van der Waals surface area contributed by atoms with Crippen LogP contribution in [0.1, 0.15) is 39.5 Å². The van der Waals surface area contributed by atoms with Crippen molar-refractivity contribution in [2.24, 2.45) is 0 Å². The zero-order valence-corrected chi connectivity index (χ0v) is 13.4. The fourth-order valence-electron chi connectivity index (χ4n) is 1.96. The van der Waals surface area contributed by atoms with Gasteiger partial charge in [-0.15, -0.1) is 0 Å². The molecule has 0 aromatic heterocycles. The van der Waals surface area contributed by atoms with Gasteiger partial charge >= 0.3 is 0 Å². The number of nitrogens with zero attached hydrogens (tertiary/aromatic N) is 2. The standard InChI is InChI=1S/C14H20Cl2N2O2/c1-3-5-9-17(10-6-4-2)11-7-8-12(18(19)20)14(16)13(11)15/h7-8H,3-6,9-10H2,1-2H3. The first-order valence-electron chi connectivity index (χ1n) is 6.90. The quantitative estimate of drug-likeness (QED) is 0.482. The van der Waals surface area contributed by atoms with Crippen LogP contribution in [0.15, 0.2) is 12.1 Å². The Kier molecular flexibility index (Phi) is 7.10. The monoisotopic (exact) mass is 318 g/mol. The highest BCUT2D eigenvalue weighted by molar-refractivity contribution is 6.45. The Morgan fingerprint density at radius 1 is 1.10 bits per heavy atom. The average Bonchev–Trinajstić information content (AvgIpc) is 2.42. The third-order valence-corrected chi connectivity index (χ3v) is 4.00. The van der Waals surface area contributed by atoms with Crippen molar-refractivity contribution in [2.75, 3.05) is 18.0 Å². The molecule has 112 valence electrons. The van der Waals surface area contributed by atoms with Crippen molar-refractivity contribution >= 4 is 34.6 Å². The van der Waals surface area contributed by atoms with Crippen molar-refractivity contribution < 1.29 is 4.92 Å². The molecule has 4 nitrogen and oxygen atoms in total. The molecule has 0 unspecified atom stereocenters.